The fourth-order valence-electron chi connectivity index (χ4n) is 3.54. The minimum absolute atomic E-state index is 0.0314. The smallest absolute Gasteiger partial charge is 0.233 e. The Balaban J connectivity index is 1.81. The molecule has 16 heavy (non-hydrogen) atoms. The summed E-state index contributed by atoms with van der Waals surface area (Å²) in [4.78, 5) is 25.4. The molecule has 0 spiro atoms. The lowest BCUT2D eigenvalue weighted by Crippen LogP contribution is -2.40. The summed E-state index contributed by atoms with van der Waals surface area (Å²) in [5, 5.41) is 0. The van der Waals surface area contributed by atoms with Crippen molar-refractivity contribution in [3.8, 4) is 0 Å². The molecule has 0 N–H and O–H groups in total. The number of amides is 2. The molecule has 0 unspecified atom stereocenters. The lowest BCUT2D eigenvalue weighted by atomic mass is 9.83. The van der Waals surface area contributed by atoms with Crippen molar-refractivity contribution < 1.29 is 9.59 Å². The van der Waals surface area contributed by atoms with Gasteiger partial charge < -0.3 is 0 Å². The normalized spacial score (nSPS) is 41.1. The van der Waals surface area contributed by atoms with E-state index in [0.717, 1.165) is 12.8 Å². The third kappa shape index (κ3) is 1.27. The van der Waals surface area contributed by atoms with Gasteiger partial charge in [0, 0.05) is 18.9 Å². The maximum absolute atomic E-state index is 12.3. The molecular formula is C13H17NO2. The van der Waals surface area contributed by atoms with Gasteiger partial charge in [0.25, 0.3) is 0 Å². The maximum atomic E-state index is 12.3. The zero-order valence-corrected chi connectivity index (χ0v) is 9.56. The molecule has 1 saturated carbocycles. The van der Waals surface area contributed by atoms with Crippen LogP contribution in [0.2, 0.25) is 0 Å². The lowest BCUT2D eigenvalue weighted by Gasteiger charge is -2.27. The van der Waals surface area contributed by atoms with Crippen molar-refractivity contribution in [2.24, 2.45) is 23.7 Å². The quantitative estimate of drug-likeness (QED) is 0.496. The topological polar surface area (TPSA) is 37.4 Å². The molecule has 3 rings (SSSR count). The van der Waals surface area contributed by atoms with E-state index in [0.29, 0.717) is 30.7 Å². The summed E-state index contributed by atoms with van der Waals surface area (Å²) in [6.45, 7) is 2.79. The summed E-state index contributed by atoms with van der Waals surface area (Å²) in [7, 11) is 0. The highest BCUT2D eigenvalue weighted by Gasteiger charge is 2.48. The predicted molar refractivity (Wildman–Crippen MR) is 59.3 cm³/mol. The Kier molecular flexibility index (Phi) is 2.16. The highest BCUT2D eigenvalue weighted by atomic mass is 16.2. The second-order valence-electron chi connectivity index (χ2n) is 5.32. The first kappa shape index (κ1) is 10.1. The van der Waals surface area contributed by atoms with Crippen LogP contribution in [0.3, 0.4) is 0 Å². The first-order valence-corrected chi connectivity index (χ1v) is 6.21. The van der Waals surface area contributed by atoms with Crippen molar-refractivity contribution >= 4 is 11.8 Å². The third-order valence-electron chi connectivity index (χ3n) is 4.48. The highest BCUT2D eigenvalue weighted by Crippen LogP contribution is 2.48. The molecule has 0 radical (unpaired) electrons. The third-order valence-corrected chi connectivity index (χ3v) is 4.48. The standard InChI is InChI=1S/C13H17NO2/c1-8-9-4-5-10(7-9)12(8)13(16)14-6-2-3-11(14)15/h4-5,8-10,12H,2-3,6-7H2,1H3/t8-,9+,10-,12+/m1/s1. The van der Waals surface area contributed by atoms with Crippen LogP contribution in [0.4, 0.5) is 0 Å². The van der Waals surface area contributed by atoms with Crippen LogP contribution >= 0.6 is 0 Å². The number of nitrogens with zero attached hydrogens (tertiary/aromatic N) is 1. The SMILES string of the molecule is C[C@H]1[C@H](C(=O)N2CCCC2=O)[C@@H]2C=C[C@H]1C2. The van der Waals surface area contributed by atoms with E-state index in [-0.39, 0.29) is 17.7 Å². The van der Waals surface area contributed by atoms with Gasteiger partial charge in [-0.1, -0.05) is 19.1 Å². The number of carbonyl (C=O) groups is 2. The minimum atomic E-state index is 0.0314. The van der Waals surface area contributed by atoms with Crippen molar-refractivity contribution in [2.45, 2.75) is 26.2 Å². The second-order valence-corrected chi connectivity index (χ2v) is 5.32. The Hall–Kier alpha value is -1.12. The number of rotatable bonds is 1. The number of fused-ring (bicyclic) bond motifs is 2. The Labute approximate surface area is 95.5 Å². The zero-order valence-electron chi connectivity index (χ0n) is 9.56. The maximum Gasteiger partial charge on any atom is 0.233 e. The van der Waals surface area contributed by atoms with Crippen molar-refractivity contribution in [1.82, 2.24) is 4.90 Å². The number of carbonyl (C=O) groups excluding carboxylic acids is 2. The van der Waals surface area contributed by atoms with E-state index in [4.69, 9.17) is 0 Å². The molecule has 3 aliphatic rings. The van der Waals surface area contributed by atoms with E-state index in [9.17, 15) is 9.59 Å². The van der Waals surface area contributed by atoms with Crippen LogP contribution < -0.4 is 0 Å². The van der Waals surface area contributed by atoms with Crippen molar-refractivity contribution in [2.75, 3.05) is 6.54 Å². The second kappa shape index (κ2) is 3.44. The van der Waals surface area contributed by atoms with Crippen LogP contribution in [0.5, 0.6) is 0 Å². The van der Waals surface area contributed by atoms with Gasteiger partial charge in [-0.2, -0.15) is 0 Å². The summed E-state index contributed by atoms with van der Waals surface area (Å²) in [6.07, 6.45) is 6.92. The van der Waals surface area contributed by atoms with Gasteiger partial charge in [0.1, 0.15) is 0 Å². The fraction of sp³-hybridized carbons (Fsp3) is 0.692. The van der Waals surface area contributed by atoms with Gasteiger partial charge in [0.2, 0.25) is 11.8 Å². The van der Waals surface area contributed by atoms with Crippen LogP contribution in [0.1, 0.15) is 26.2 Å². The molecule has 0 aromatic heterocycles. The molecule has 2 fully saturated rings. The Morgan fingerprint density at radius 2 is 2.12 bits per heavy atom. The molecule has 0 aromatic carbocycles. The number of likely N-dealkylation sites (tertiary alicyclic amines) is 1. The van der Waals surface area contributed by atoms with E-state index < -0.39 is 0 Å². The summed E-state index contributed by atoms with van der Waals surface area (Å²) in [5.74, 6) is 1.56. The van der Waals surface area contributed by atoms with Gasteiger partial charge in [0.05, 0.1) is 0 Å². The van der Waals surface area contributed by atoms with E-state index in [1.165, 1.54) is 4.90 Å². The van der Waals surface area contributed by atoms with Crippen LogP contribution in [0.15, 0.2) is 12.2 Å². The van der Waals surface area contributed by atoms with E-state index in [1.54, 1.807) is 0 Å². The summed E-state index contributed by atoms with van der Waals surface area (Å²) >= 11 is 0. The molecule has 1 saturated heterocycles. The molecule has 1 aliphatic heterocycles. The van der Waals surface area contributed by atoms with Crippen LogP contribution in [0.25, 0.3) is 0 Å². The van der Waals surface area contributed by atoms with Crippen LogP contribution in [-0.2, 0) is 9.59 Å². The summed E-state index contributed by atoms with van der Waals surface area (Å²) < 4.78 is 0. The monoisotopic (exact) mass is 219 g/mol. The largest absolute Gasteiger partial charge is 0.282 e. The number of allylic oxidation sites excluding steroid dienone is 2. The van der Waals surface area contributed by atoms with Crippen LogP contribution in [-0.4, -0.2) is 23.3 Å². The minimum Gasteiger partial charge on any atom is -0.282 e. The molecule has 2 bridgehead atoms. The van der Waals surface area contributed by atoms with Gasteiger partial charge >= 0.3 is 0 Å². The lowest BCUT2D eigenvalue weighted by molar-refractivity contribution is -0.146. The molecule has 3 heteroatoms. The van der Waals surface area contributed by atoms with Gasteiger partial charge in [-0.15, -0.1) is 0 Å². The van der Waals surface area contributed by atoms with Crippen molar-refractivity contribution in [3.05, 3.63) is 12.2 Å². The zero-order chi connectivity index (χ0) is 11.3. The molecule has 2 aliphatic carbocycles. The number of hydrogen-bond acceptors (Lipinski definition) is 2. The van der Waals surface area contributed by atoms with Gasteiger partial charge in [-0.05, 0) is 30.6 Å². The predicted octanol–water partition coefficient (Wildman–Crippen LogP) is 1.59. The Morgan fingerprint density at radius 3 is 2.69 bits per heavy atom. The molecule has 1 heterocycles. The van der Waals surface area contributed by atoms with Gasteiger partial charge in [0.15, 0.2) is 0 Å². The summed E-state index contributed by atoms with van der Waals surface area (Å²) in [6, 6.07) is 0. The molecule has 2 amide bonds. The van der Waals surface area contributed by atoms with Crippen molar-refractivity contribution in [3.63, 3.8) is 0 Å². The molecule has 4 atom stereocenters. The first-order chi connectivity index (χ1) is 7.68. The van der Waals surface area contributed by atoms with E-state index in [2.05, 4.69) is 19.1 Å². The fourth-order valence-corrected chi connectivity index (χ4v) is 3.54. The number of hydrogen-bond donors (Lipinski definition) is 0. The van der Waals surface area contributed by atoms with Gasteiger partial charge in [-0.3, -0.25) is 14.5 Å². The highest BCUT2D eigenvalue weighted by molar-refractivity contribution is 5.98. The van der Waals surface area contributed by atoms with E-state index in [1.807, 2.05) is 0 Å². The first-order valence-electron chi connectivity index (χ1n) is 6.21. The van der Waals surface area contributed by atoms with E-state index >= 15 is 0 Å². The van der Waals surface area contributed by atoms with Crippen molar-refractivity contribution in [1.29, 1.82) is 0 Å². The molecule has 0 aromatic rings. The van der Waals surface area contributed by atoms with Gasteiger partial charge in [-0.25, -0.2) is 0 Å². The molecule has 86 valence electrons. The molecule has 3 nitrogen and oxygen atoms in total. The summed E-state index contributed by atoms with van der Waals surface area (Å²) in [5.41, 5.74) is 0. The Morgan fingerprint density at radius 1 is 1.38 bits per heavy atom. The average molecular weight is 219 g/mol. The average Bonchev–Trinajstić information content (AvgIpc) is 2.92. The van der Waals surface area contributed by atoms with Crippen LogP contribution in [0, 0.1) is 23.7 Å². The Bertz CT molecular complexity index is 374. The molecular weight excluding hydrogens is 202 g/mol. The number of imide groups is 1.